The van der Waals surface area contributed by atoms with E-state index in [1.807, 2.05) is 30.5 Å². The Morgan fingerprint density at radius 1 is 1.24 bits per heavy atom. The lowest BCUT2D eigenvalue weighted by Gasteiger charge is -2.03. The van der Waals surface area contributed by atoms with Gasteiger partial charge in [-0.3, -0.25) is 14.9 Å². The molecular formula is C16H17N3O2. The average Bonchev–Trinajstić information content (AvgIpc) is 2.86. The van der Waals surface area contributed by atoms with Gasteiger partial charge >= 0.3 is 0 Å². The van der Waals surface area contributed by atoms with E-state index in [1.165, 1.54) is 0 Å². The molecule has 0 saturated carbocycles. The van der Waals surface area contributed by atoms with Crippen LogP contribution in [0.5, 0.6) is 5.75 Å². The molecule has 0 amide bonds. The minimum absolute atomic E-state index is 0.0828. The fourth-order valence-corrected chi connectivity index (χ4v) is 2.45. The van der Waals surface area contributed by atoms with Crippen molar-refractivity contribution in [2.75, 3.05) is 7.11 Å². The fraction of sp³-hybridized carbons (Fsp3) is 0.250. The first-order valence-electron chi connectivity index (χ1n) is 6.96. The van der Waals surface area contributed by atoms with Gasteiger partial charge in [0.2, 0.25) is 0 Å². The summed E-state index contributed by atoms with van der Waals surface area (Å²) in [5.41, 5.74) is 2.63. The highest BCUT2D eigenvalue weighted by atomic mass is 16.5. The van der Waals surface area contributed by atoms with Gasteiger partial charge < -0.3 is 4.74 Å². The third-order valence-corrected chi connectivity index (χ3v) is 3.53. The predicted molar refractivity (Wildman–Crippen MR) is 82.2 cm³/mol. The molecule has 0 aliphatic rings. The van der Waals surface area contributed by atoms with E-state index in [1.54, 1.807) is 18.0 Å². The molecule has 0 spiro atoms. The molecule has 0 aliphatic carbocycles. The van der Waals surface area contributed by atoms with Crippen molar-refractivity contribution in [1.82, 2.24) is 14.8 Å². The van der Waals surface area contributed by atoms with Crippen LogP contribution in [0.25, 0.3) is 16.6 Å². The highest BCUT2D eigenvalue weighted by Crippen LogP contribution is 2.17. The number of benzene rings is 1. The van der Waals surface area contributed by atoms with Crippen LogP contribution in [-0.4, -0.2) is 21.9 Å². The topological polar surface area (TPSA) is 59.9 Å². The van der Waals surface area contributed by atoms with Gasteiger partial charge in [-0.1, -0.05) is 13.3 Å². The van der Waals surface area contributed by atoms with Gasteiger partial charge in [0.05, 0.1) is 23.7 Å². The Labute approximate surface area is 122 Å². The Hall–Kier alpha value is -2.56. The summed E-state index contributed by atoms with van der Waals surface area (Å²) in [4.78, 5) is 16.7. The van der Waals surface area contributed by atoms with Gasteiger partial charge in [0.15, 0.2) is 0 Å². The van der Waals surface area contributed by atoms with Crippen LogP contribution >= 0.6 is 0 Å². The van der Waals surface area contributed by atoms with Crippen molar-refractivity contribution in [3.63, 3.8) is 0 Å². The summed E-state index contributed by atoms with van der Waals surface area (Å²) < 4.78 is 6.68. The van der Waals surface area contributed by atoms with Crippen molar-refractivity contribution >= 4 is 10.9 Å². The lowest BCUT2D eigenvalue weighted by atomic mass is 10.1. The smallest absolute Gasteiger partial charge is 0.280 e. The Morgan fingerprint density at radius 3 is 2.67 bits per heavy atom. The molecule has 5 nitrogen and oxygen atoms in total. The first-order valence-corrected chi connectivity index (χ1v) is 6.96. The molecule has 0 aliphatic heterocycles. The molecule has 1 aromatic carbocycles. The molecule has 3 rings (SSSR count). The number of hydrogen-bond acceptors (Lipinski definition) is 3. The molecule has 0 radical (unpaired) electrons. The molecular weight excluding hydrogens is 266 g/mol. The number of aromatic amines is 1. The van der Waals surface area contributed by atoms with Gasteiger partial charge in [-0.15, -0.1) is 0 Å². The molecule has 2 aromatic heterocycles. The number of fused-ring (bicyclic) bond motifs is 1. The van der Waals surface area contributed by atoms with Gasteiger partial charge in [-0.25, -0.2) is 4.68 Å². The monoisotopic (exact) mass is 283 g/mol. The number of H-pyrrole nitrogens is 1. The summed E-state index contributed by atoms with van der Waals surface area (Å²) in [5, 5.41) is 3.82. The van der Waals surface area contributed by atoms with E-state index in [2.05, 4.69) is 17.0 Å². The lowest BCUT2D eigenvalue weighted by Crippen LogP contribution is -2.14. The van der Waals surface area contributed by atoms with Crippen LogP contribution in [-0.2, 0) is 6.42 Å². The second kappa shape index (κ2) is 5.44. The number of rotatable bonds is 4. The number of aryl methyl sites for hydroxylation is 1. The number of ether oxygens (including phenoxy) is 1. The van der Waals surface area contributed by atoms with E-state index in [0.29, 0.717) is 5.39 Å². The molecule has 21 heavy (non-hydrogen) atoms. The summed E-state index contributed by atoms with van der Waals surface area (Å²) in [6.45, 7) is 2.11. The first kappa shape index (κ1) is 13.4. The van der Waals surface area contributed by atoms with Crippen LogP contribution in [0.4, 0.5) is 0 Å². The van der Waals surface area contributed by atoms with Gasteiger partial charge in [0.25, 0.3) is 5.56 Å². The van der Waals surface area contributed by atoms with E-state index in [0.717, 1.165) is 35.4 Å². The minimum atomic E-state index is -0.0828. The molecule has 0 unspecified atom stereocenters. The summed E-state index contributed by atoms with van der Waals surface area (Å²) in [5.74, 6) is 0.760. The van der Waals surface area contributed by atoms with Crippen molar-refractivity contribution in [1.29, 1.82) is 0 Å². The number of pyridine rings is 1. The van der Waals surface area contributed by atoms with E-state index in [9.17, 15) is 4.79 Å². The van der Waals surface area contributed by atoms with Crippen LogP contribution < -0.4 is 10.3 Å². The SMILES string of the molecule is CCCc1cncc2c(=O)n(-c3ccc(OC)cc3)[nH]c12. The maximum atomic E-state index is 12.5. The Balaban J connectivity index is 2.16. The molecule has 1 N–H and O–H groups in total. The number of aromatic nitrogens is 3. The number of nitrogens with zero attached hydrogens (tertiary/aromatic N) is 2. The molecule has 0 atom stereocenters. The van der Waals surface area contributed by atoms with Crippen LogP contribution in [0.2, 0.25) is 0 Å². The average molecular weight is 283 g/mol. The highest BCUT2D eigenvalue weighted by molar-refractivity contribution is 5.80. The van der Waals surface area contributed by atoms with Crippen LogP contribution in [0, 0.1) is 0 Å². The molecule has 0 fully saturated rings. The number of nitrogens with one attached hydrogen (secondary N) is 1. The summed E-state index contributed by atoms with van der Waals surface area (Å²) >= 11 is 0. The van der Waals surface area contributed by atoms with Crippen molar-refractivity contribution in [3.8, 4) is 11.4 Å². The van der Waals surface area contributed by atoms with E-state index < -0.39 is 0 Å². The normalized spacial score (nSPS) is 11.0. The Kier molecular flexibility index (Phi) is 3.48. The molecule has 108 valence electrons. The quantitative estimate of drug-likeness (QED) is 0.800. The van der Waals surface area contributed by atoms with Crippen LogP contribution in [0.3, 0.4) is 0 Å². The maximum absolute atomic E-state index is 12.5. The van der Waals surface area contributed by atoms with Gasteiger partial charge in [0, 0.05) is 12.4 Å². The molecule has 5 heteroatoms. The first-order chi connectivity index (χ1) is 10.2. The zero-order chi connectivity index (χ0) is 14.8. The molecule has 0 bridgehead atoms. The summed E-state index contributed by atoms with van der Waals surface area (Å²) in [6.07, 6.45) is 5.34. The predicted octanol–water partition coefficient (Wildman–Crippen LogP) is 2.67. The molecule has 3 aromatic rings. The van der Waals surface area contributed by atoms with Crippen molar-refractivity contribution in [3.05, 3.63) is 52.6 Å². The minimum Gasteiger partial charge on any atom is -0.497 e. The van der Waals surface area contributed by atoms with E-state index >= 15 is 0 Å². The summed E-state index contributed by atoms with van der Waals surface area (Å²) in [6, 6.07) is 7.36. The second-order valence-electron chi connectivity index (χ2n) is 4.92. The largest absolute Gasteiger partial charge is 0.497 e. The van der Waals surface area contributed by atoms with Crippen LogP contribution in [0.1, 0.15) is 18.9 Å². The molecule has 0 saturated heterocycles. The maximum Gasteiger partial charge on any atom is 0.280 e. The third-order valence-electron chi connectivity index (χ3n) is 3.53. The van der Waals surface area contributed by atoms with Crippen molar-refractivity contribution in [2.45, 2.75) is 19.8 Å². The molecule has 2 heterocycles. The zero-order valence-electron chi connectivity index (χ0n) is 12.1. The lowest BCUT2D eigenvalue weighted by molar-refractivity contribution is 0.414. The highest BCUT2D eigenvalue weighted by Gasteiger charge is 2.11. The Bertz CT molecular complexity index is 816. The zero-order valence-corrected chi connectivity index (χ0v) is 12.1. The van der Waals surface area contributed by atoms with E-state index in [-0.39, 0.29) is 5.56 Å². The van der Waals surface area contributed by atoms with Gasteiger partial charge in [-0.05, 0) is 36.2 Å². The number of hydrogen-bond donors (Lipinski definition) is 1. The van der Waals surface area contributed by atoms with Crippen molar-refractivity contribution < 1.29 is 4.74 Å². The standard InChI is InChI=1S/C16H17N3O2/c1-3-4-11-9-17-10-14-15(11)18-19(16(14)20)12-5-7-13(21-2)8-6-12/h5-10,18H,3-4H2,1-2H3. The Morgan fingerprint density at radius 2 is 2.00 bits per heavy atom. The number of methoxy groups -OCH3 is 1. The van der Waals surface area contributed by atoms with Crippen LogP contribution in [0.15, 0.2) is 41.5 Å². The van der Waals surface area contributed by atoms with Gasteiger partial charge in [0.1, 0.15) is 5.75 Å². The van der Waals surface area contributed by atoms with Gasteiger partial charge in [-0.2, -0.15) is 0 Å². The van der Waals surface area contributed by atoms with E-state index in [4.69, 9.17) is 4.74 Å². The van der Waals surface area contributed by atoms with Crippen molar-refractivity contribution in [2.24, 2.45) is 0 Å². The fourth-order valence-electron chi connectivity index (χ4n) is 2.45. The summed E-state index contributed by atoms with van der Waals surface area (Å²) in [7, 11) is 1.62. The second-order valence-corrected chi connectivity index (χ2v) is 4.92. The third kappa shape index (κ3) is 2.31.